The van der Waals surface area contributed by atoms with Crippen molar-refractivity contribution in [2.45, 2.75) is 113 Å². The fraction of sp³-hybridized carbons (Fsp3) is 0.742. The lowest BCUT2D eigenvalue weighted by Crippen LogP contribution is -2.63. The number of aryl methyl sites for hydroxylation is 1. The molecule has 1 aliphatic carbocycles. The van der Waals surface area contributed by atoms with Gasteiger partial charge in [0.2, 0.25) is 0 Å². The maximum absolute atomic E-state index is 13.8. The minimum absolute atomic E-state index is 0.0200. The van der Waals surface area contributed by atoms with Crippen LogP contribution in [0.5, 0.6) is 0 Å². The Morgan fingerprint density at radius 2 is 1.76 bits per heavy atom. The second-order valence-electron chi connectivity index (χ2n) is 13.5. The number of aromatic nitrogens is 1. The zero-order chi connectivity index (χ0) is 30.9. The van der Waals surface area contributed by atoms with Crippen LogP contribution in [0.25, 0.3) is 6.08 Å². The van der Waals surface area contributed by atoms with Gasteiger partial charge in [-0.25, -0.2) is 4.98 Å². The van der Waals surface area contributed by atoms with Crippen LogP contribution in [-0.4, -0.2) is 40.8 Å². The van der Waals surface area contributed by atoms with Gasteiger partial charge in [0.05, 0.1) is 34.7 Å². The highest BCUT2D eigenvalue weighted by molar-refractivity contribution is 7.10. The summed E-state index contributed by atoms with van der Waals surface area (Å²) in [6.07, 6.45) is 3.25. The van der Waals surface area contributed by atoms with Crippen molar-refractivity contribution in [3.05, 3.63) is 21.7 Å². The van der Waals surface area contributed by atoms with Gasteiger partial charge in [0.1, 0.15) is 17.7 Å². The maximum atomic E-state index is 13.8. The molecule has 1 saturated heterocycles. The number of nitrogens with zero attached hydrogens (tertiary/aromatic N) is 1. The van der Waals surface area contributed by atoms with Gasteiger partial charge in [0, 0.05) is 41.6 Å². The largest absolute Gasteiger partial charge is 0.458 e. The molecule has 1 saturated carbocycles. The Morgan fingerprint density at radius 3 is 2.32 bits per heavy atom. The molecule has 2 heterocycles. The third-order valence-corrected chi connectivity index (χ3v) is 11.7. The van der Waals surface area contributed by atoms with Crippen molar-refractivity contribution in [1.29, 1.82) is 0 Å². The molecule has 41 heavy (non-hydrogen) atoms. The lowest BCUT2D eigenvalue weighted by molar-refractivity contribution is -0.178. The molecule has 0 aromatic carbocycles. The first-order chi connectivity index (χ1) is 19.0. The third-order valence-electron chi connectivity index (χ3n) is 10.3. The second-order valence-corrected chi connectivity index (χ2v) is 15.1. The molecule has 1 aromatic heterocycles. The van der Waals surface area contributed by atoms with E-state index in [0.29, 0.717) is 6.42 Å². The molecule has 1 aliphatic heterocycles. The van der Waals surface area contributed by atoms with Crippen LogP contribution in [0.2, 0.25) is 0 Å². The number of fused-ring (bicyclic) bond motifs is 1. The Hall–Kier alpha value is -1.04. The number of ether oxygens (including phenoxy) is 1. The van der Waals surface area contributed by atoms with Gasteiger partial charge in [0.15, 0.2) is 0 Å². The first kappa shape index (κ1) is 34.5. The predicted molar refractivity (Wildman–Crippen MR) is 170 cm³/mol. The number of cyclic esters (lactones) is 1. The molecule has 0 radical (unpaired) electrons. The van der Waals surface area contributed by atoms with Crippen LogP contribution in [-0.2, 0) is 28.2 Å². The first-order valence-corrected chi connectivity index (χ1v) is 16.4. The summed E-state index contributed by atoms with van der Waals surface area (Å²) in [7, 11) is 4.55. The fourth-order valence-electron chi connectivity index (χ4n) is 6.96. The highest BCUT2D eigenvalue weighted by Gasteiger charge is 2.64. The van der Waals surface area contributed by atoms with E-state index >= 15 is 0 Å². The van der Waals surface area contributed by atoms with Gasteiger partial charge in [-0.2, -0.15) is 0 Å². The van der Waals surface area contributed by atoms with Crippen molar-refractivity contribution >= 4 is 53.9 Å². The number of carbonyl (C=O) groups is 3. The molecular weight excluding hydrogens is 576 g/mol. The summed E-state index contributed by atoms with van der Waals surface area (Å²) in [6.45, 7) is 17.8. The monoisotopic (exact) mass is 625 g/mol. The van der Waals surface area contributed by atoms with Gasteiger partial charge >= 0.3 is 5.97 Å². The van der Waals surface area contributed by atoms with Gasteiger partial charge in [-0.3, -0.25) is 14.4 Å². The number of ketones is 2. The predicted octanol–water partition coefficient (Wildman–Crippen LogP) is 7.18. The molecule has 9 atom stereocenters. The summed E-state index contributed by atoms with van der Waals surface area (Å²) in [4.78, 5) is 45.4. The quantitative estimate of drug-likeness (QED) is 0.259. The lowest BCUT2D eigenvalue weighted by atomic mass is 9.42. The van der Waals surface area contributed by atoms with E-state index in [4.69, 9.17) is 13.8 Å². The third kappa shape index (κ3) is 6.88. The molecule has 0 spiro atoms. The van der Waals surface area contributed by atoms with Gasteiger partial charge in [0.25, 0.3) is 0 Å². The van der Waals surface area contributed by atoms with E-state index in [9.17, 15) is 14.4 Å². The summed E-state index contributed by atoms with van der Waals surface area (Å²) < 4.78 is 17.6. The molecule has 0 N–H and O–H groups in total. The summed E-state index contributed by atoms with van der Waals surface area (Å²) in [5, 5.41) is 2.92. The maximum Gasteiger partial charge on any atom is 0.309 e. The fourth-order valence-corrected chi connectivity index (χ4v) is 8.47. The number of thiazole rings is 1. The van der Waals surface area contributed by atoms with Crippen LogP contribution in [0.1, 0.15) is 98.2 Å². The Bertz CT molecular complexity index is 1160. The number of carbonyl (C=O) groups excluding carboxylic acids is 3. The van der Waals surface area contributed by atoms with Crippen molar-refractivity contribution in [3.8, 4) is 0 Å². The van der Waals surface area contributed by atoms with Crippen molar-refractivity contribution in [2.75, 3.05) is 0 Å². The lowest BCUT2D eigenvalue weighted by Gasteiger charge is -2.59. The highest BCUT2D eigenvalue weighted by atomic mass is 32.1. The van der Waals surface area contributed by atoms with Crippen LogP contribution in [0, 0.1) is 40.9 Å². The summed E-state index contributed by atoms with van der Waals surface area (Å²) in [5.41, 5.74) is -0.0556. The number of rotatable bonds is 4. The molecular formula is C31H49NO6P2S. The molecule has 2 aliphatic rings. The van der Waals surface area contributed by atoms with Gasteiger partial charge < -0.3 is 13.8 Å². The van der Waals surface area contributed by atoms with Crippen molar-refractivity contribution in [1.82, 2.24) is 4.98 Å². The van der Waals surface area contributed by atoms with E-state index in [1.165, 1.54) is 0 Å². The number of esters is 1. The van der Waals surface area contributed by atoms with Gasteiger partial charge in [-0.05, 0) is 56.1 Å². The molecule has 3 rings (SSSR count). The Labute approximate surface area is 254 Å². The Kier molecular flexibility index (Phi) is 11.2. The normalized spacial score (nSPS) is 35.4. The SMILES string of the molecule is C/C(=C\c1csc(C)n1)C1CC2C(=O)C(C)(C)C2(C)CCCC(C)C(OP)C(C)C(=O)C(C)(C)C(OP)CC(=O)O1. The molecule has 0 bridgehead atoms. The van der Waals surface area contributed by atoms with E-state index in [2.05, 4.69) is 37.8 Å². The molecule has 10 heteroatoms. The van der Waals surface area contributed by atoms with Crippen LogP contribution in [0.4, 0.5) is 0 Å². The van der Waals surface area contributed by atoms with Crippen molar-refractivity contribution < 1.29 is 28.2 Å². The smallest absolute Gasteiger partial charge is 0.309 e. The van der Waals surface area contributed by atoms with Crippen LogP contribution in [0.15, 0.2) is 11.0 Å². The molecule has 0 amide bonds. The Balaban J connectivity index is 2.03. The van der Waals surface area contributed by atoms with Crippen LogP contribution in [0.3, 0.4) is 0 Å². The number of hydrogen-bond donors (Lipinski definition) is 0. The zero-order valence-electron chi connectivity index (χ0n) is 26.1. The number of Topliss-reactive ketones (excluding diaryl/α,β-unsaturated/α-hetero) is 2. The van der Waals surface area contributed by atoms with E-state index in [0.717, 1.165) is 35.5 Å². The topological polar surface area (TPSA) is 91.8 Å². The molecule has 230 valence electrons. The van der Waals surface area contributed by atoms with Gasteiger partial charge in [-0.1, -0.05) is 54.9 Å². The molecule has 9 unspecified atom stereocenters. The zero-order valence-corrected chi connectivity index (χ0v) is 29.2. The standard InChI is InChI=1S/C31H49NO6P2S/c1-17-11-10-12-31(9)22(28(35)30(31,7)8)14-23(18(2)13-21-16-41-20(4)32-21)36-25(33)15-24(37-39)29(5,6)27(34)19(3)26(17)38-40/h13,16-17,19,22-24,26H,10-12,14-15,39-40H2,1-9H3/b18-13+. The second kappa shape index (κ2) is 13.3. The van der Waals surface area contributed by atoms with E-state index in [1.54, 1.807) is 11.3 Å². The summed E-state index contributed by atoms with van der Waals surface area (Å²) >= 11 is 1.56. The van der Waals surface area contributed by atoms with Crippen molar-refractivity contribution in [3.63, 3.8) is 0 Å². The number of hydrogen-bond acceptors (Lipinski definition) is 8. The van der Waals surface area contributed by atoms with E-state index in [1.807, 2.05) is 59.9 Å². The van der Waals surface area contributed by atoms with E-state index < -0.39 is 34.9 Å². The summed E-state index contributed by atoms with van der Waals surface area (Å²) in [5.74, 6) is -0.799. The molecule has 7 nitrogen and oxygen atoms in total. The average molecular weight is 626 g/mol. The molecule has 1 aromatic rings. The van der Waals surface area contributed by atoms with Gasteiger partial charge in [-0.15, -0.1) is 11.3 Å². The minimum atomic E-state index is -0.969. The first-order valence-electron chi connectivity index (χ1n) is 14.6. The highest BCUT2D eigenvalue weighted by Crippen LogP contribution is 2.62. The average Bonchev–Trinajstić information content (AvgIpc) is 3.32. The minimum Gasteiger partial charge on any atom is -0.458 e. The van der Waals surface area contributed by atoms with Crippen LogP contribution < -0.4 is 0 Å². The van der Waals surface area contributed by atoms with Crippen LogP contribution >= 0.6 is 30.3 Å². The molecule has 2 fully saturated rings. The van der Waals surface area contributed by atoms with E-state index in [-0.39, 0.29) is 41.3 Å². The van der Waals surface area contributed by atoms with Crippen molar-refractivity contribution in [2.24, 2.45) is 34.0 Å². The summed E-state index contributed by atoms with van der Waals surface area (Å²) in [6, 6.07) is 0. The Morgan fingerprint density at radius 1 is 1.10 bits per heavy atom.